The van der Waals surface area contributed by atoms with E-state index in [1.807, 2.05) is 30.6 Å². The van der Waals surface area contributed by atoms with E-state index < -0.39 is 0 Å². The number of pyridine rings is 1. The Balaban J connectivity index is 1.61. The van der Waals surface area contributed by atoms with Gasteiger partial charge in [-0.05, 0) is 24.6 Å². The van der Waals surface area contributed by atoms with Crippen LogP contribution < -0.4 is 10.5 Å². The van der Waals surface area contributed by atoms with Gasteiger partial charge in [0.2, 0.25) is 5.69 Å². The van der Waals surface area contributed by atoms with E-state index in [1.54, 1.807) is 41.9 Å². The fourth-order valence-corrected chi connectivity index (χ4v) is 5.87. The number of thiazole rings is 2. The van der Waals surface area contributed by atoms with Crippen LogP contribution in [0.2, 0.25) is 0 Å². The minimum absolute atomic E-state index is 0.0935. The number of nitrogens with two attached hydrogens (primary N) is 1. The Bertz CT molecular complexity index is 1420. The first-order valence-corrected chi connectivity index (χ1v) is 13.1. The van der Waals surface area contributed by atoms with Crippen molar-refractivity contribution >= 4 is 45.9 Å². The van der Waals surface area contributed by atoms with Gasteiger partial charge in [0.05, 0.1) is 34.3 Å². The Morgan fingerprint density at radius 2 is 2.03 bits per heavy atom. The van der Waals surface area contributed by atoms with Crippen molar-refractivity contribution in [3.63, 3.8) is 0 Å². The number of aryl methyl sites for hydroxylation is 1. The molecule has 0 aliphatic carbocycles. The zero-order chi connectivity index (χ0) is 24.8. The maximum atomic E-state index is 10.0. The Morgan fingerprint density at radius 3 is 2.69 bits per heavy atom. The summed E-state index contributed by atoms with van der Waals surface area (Å²) in [5, 5.41) is 14.4. The van der Waals surface area contributed by atoms with Gasteiger partial charge in [-0.25, -0.2) is 19.8 Å². The van der Waals surface area contributed by atoms with Crippen LogP contribution in [-0.4, -0.2) is 35.3 Å². The number of anilines is 1. The van der Waals surface area contributed by atoms with Crippen LogP contribution in [-0.2, 0) is 10.5 Å². The molecule has 1 aromatic carbocycles. The molecule has 3 aromatic heterocycles. The van der Waals surface area contributed by atoms with Crippen molar-refractivity contribution in [3.05, 3.63) is 63.5 Å². The average Bonchev–Trinajstić information content (AvgIpc) is 3.52. The topological polar surface area (TPSA) is 111 Å². The monoisotopic (exact) mass is 520 g/mol. The summed E-state index contributed by atoms with van der Waals surface area (Å²) in [5.41, 5.74) is 8.67. The number of rotatable bonds is 9. The van der Waals surface area contributed by atoms with Crippen LogP contribution in [0, 0.1) is 24.8 Å². The van der Waals surface area contributed by atoms with Gasteiger partial charge in [-0.2, -0.15) is 5.26 Å². The lowest BCUT2D eigenvalue weighted by molar-refractivity contribution is 0.146. The lowest BCUT2D eigenvalue weighted by Gasteiger charge is -2.13. The number of nitriles is 1. The molecule has 0 amide bonds. The molecule has 0 unspecified atom stereocenters. The Labute approximate surface area is 215 Å². The van der Waals surface area contributed by atoms with Gasteiger partial charge in [0.25, 0.3) is 0 Å². The number of hydrogen-bond donors (Lipinski definition) is 1. The lowest BCUT2D eigenvalue weighted by atomic mass is 10.00. The van der Waals surface area contributed by atoms with Crippen molar-refractivity contribution < 1.29 is 9.47 Å². The molecule has 176 valence electrons. The molecule has 0 aliphatic rings. The van der Waals surface area contributed by atoms with Gasteiger partial charge in [0.1, 0.15) is 34.3 Å². The smallest absolute Gasteiger partial charge is 0.236 e. The Morgan fingerprint density at radius 1 is 1.23 bits per heavy atom. The van der Waals surface area contributed by atoms with Crippen LogP contribution in [0.4, 0.5) is 11.5 Å². The predicted octanol–water partition coefficient (Wildman–Crippen LogP) is 5.96. The van der Waals surface area contributed by atoms with Crippen molar-refractivity contribution in [1.29, 1.82) is 5.26 Å². The third kappa shape index (κ3) is 5.61. The molecule has 0 radical (unpaired) electrons. The fraction of sp³-hybridized carbons (Fsp3) is 0.208. The average molecular weight is 521 g/mol. The summed E-state index contributed by atoms with van der Waals surface area (Å²) < 4.78 is 10.6. The van der Waals surface area contributed by atoms with Crippen molar-refractivity contribution in [2.45, 2.75) is 17.7 Å². The van der Waals surface area contributed by atoms with E-state index in [2.05, 4.69) is 20.9 Å². The Hall–Kier alpha value is -3.48. The van der Waals surface area contributed by atoms with E-state index in [0.717, 1.165) is 20.6 Å². The largest absolute Gasteiger partial charge is 0.491 e. The molecule has 0 atom stereocenters. The lowest BCUT2D eigenvalue weighted by Crippen LogP contribution is -2.04. The molecule has 0 saturated carbocycles. The molecule has 0 bridgehead atoms. The van der Waals surface area contributed by atoms with Gasteiger partial charge in [-0.1, -0.05) is 23.9 Å². The van der Waals surface area contributed by atoms with Gasteiger partial charge >= 0.3 is 0 Å². The molecule has 4 aromatic rings. The second kappa shape index (κ2) is 11.3. The highest BCUT2D eigenvalue weighted by atomic mass is 32.2. The van der Waals surface area contributed by atoms with Crippen molar-refractivity contribution in [1.82, 2.24) is 15.0 Å². The molecule has 3 heterocycles. The maximum absolute atomic E-state index is 10.0. The van der Waals surface area contributed by atoms with Crippen LogP contribution in [0.3, 0.4) is 0 Å². The van der Waals surface area contributed by atoms with E-state index in [-0.39, 0.29) is 11.5 Å². The minimum Gasteiger partial charge on any atom is -0.491 e. The number of aromatic nitrogens is 3. The minimum atomic E-state index is 0.0935. The molecule has 0 fully saturated rings. The van der Waals surface area contributed by atoms with E-state index >= 15 is 0 Å². The molecule has 35 heavy (non-hydrogen) atoms. The zero-order valence-electron chi connectivity index (χ0n) is 18.9. The number of nitrogen functional groups attached to an aromatic ring is 1. The predicted molar refractivity (Wildman–Crippen MR) is 140 cm³/mol. The molecule has 0 aliphatic heterocycles. The summed E-state index contributed by atoms with van der Waals surface area (Å²) in [6.07, 6.45) is 1.83. The maximum Gasteiger partial charge on any atom is 0.236 e. The SMILES string of the molecule is [C-]#[N+]c1c(N)nc(SCc2csc(-c3cnc(C)s3)n2)c(C#N)c1-c1ccc(OCCOC)cc1. The van der Waals surface area contributed by atoms with E-state index in [9.17, 15) is 5.26 Å². The van der Waals surface area contributed by atoms with Crippen molar-refractivity contribution in [2.24, 2.45) is 0 Å². The van der Waals surface area contributed by atoms with Crippen LogP contribution in [0.25, 0.3) is 25.9 Å². The van der Waals surface area contributed by atoms with E-state index in [4.69, 9.17) is 26.8 Å². The fourth-order valence-electron chi connectivity index (χ4n) is 3.22. The highest BCUT2D eigenvalue weighted by Crippen LogP contribution is 2.42. The van der Waals surface area contributed by atoms with Gasteiger partial charge in [0.15, 0.2) is 0 Å². The quantitative estimate of drug-likeness (QED) is 0.163. The number of thioether (sulfide) groups is 1. The number of ether oxygens (including phenoxy) is 2. The van der Waals surface area contributed by atoms with Crippen LogP contribution in [0.15, 0.2) is 40.9 Å². The van der Waals surface area contributed by atoms with Gasteiger partial charge in [-0.15, -0.1) is 22.7 Å². The highest BCUT2D eigenvalue weighted by Gasteiger charge is 2.21. The zero-order valence-corrected chi connectivity index (χ0v) is 21.4. The van der Waals surface area contributed by atoms with Crippen LogP contribution >= 0.6 is 34.4 Å². The molecular formula is C24H20N6O2S3. The summed E-state index contributed by atoms with van der Waals surface area (Å²) in [7, 11) is 1.61. The van der Waals surface area contributed by atoms with E-state index in [0.29, 0.717) is 46.4 Å². The van der Waals surface area contributed by atoms with E-state index in [1.165, 1.54) is 11.8 Å². The molecular weight excluding hydrogens is 501 g/mol. The number of benzene rings is 1. The normalized spacial score (nSPS) is 10.6. The first-order valence-electron chi connectivity index (χ1n) is 10.4. The number of hydrogen-bond acceptors (Lipinski definition) is 10. The number of nitrogens with zero attached hydrogens (tertiary/aromatic N) is 5. The van der Waals surface area contributed by atoms with Gasteiger partial charge in [-0.3, -0.25) is 0 Å². The molecule has 4 rings (SSSR count). The van der Waals surface area contributed by atoms with Crippen LogP contribution in [0.1, 0.15) is 16.3 Å². The standard InChI is InChI=1S/C24H20N6O2S3/c1-14-28-11-19(35-14)24-29-16(13-34-24)12-33-23-18(10-25)20(21(27-2)22(26)30-23)15-4-6-17(7-5-15)32-9-8-31-3/h4-7,11,13H,8-9,12H2,1,3H3,(H2,26,30). The van der Waals surface area contributed by atoms with Crippen LogP contribution in [0.5, 0.6) is 5.75 Å². The molecule has 11 heteroatoms. The highest BCUT2D eigenvalue weighted by molar-refractivity contribution is 7.98. The van der Waals surface area contributed by atoms with Crippen molar-refractivity contribution in [3.8, 4) is 32.8 Å². The third-order valence-corrected chi connectivity index (χ3v) is 7.81. The first kappa shape index (κ1) is 24.6. The molecule has 2 N–H and O–H groups in total. The second-order valence-corrected chi connectivity index (χ2v) is 10.2. The Kier molecular flexibility index (Phi) is 7.95. The van der Waals surface area contributed by atoms with Gasteiger partial charge in [0, 0.05) is 30.0 Å². The van der Waals surface area contributed by atoms with Gasteiger partial charge < -0.3 is 15.2 Å². The third-order valence-electron chi connectivity index (χ3n) is 4.83. The summed E-state index contributed by atoms with van der Waals surface area (Å²) in [5.74, 6) is 1.27. The number of methoxy groups -OCH3 is 1. The molecule has 8 nitrogen and oxygen atoms in total. The summed E-state index contributed by atoms with van der Waals surface area (Å²) in [6.45, 7) is 10.5. The summed E-state index contributed by atoms with van der Waals surface area (Å²) >= 11 is 4.53. The molecule has 0 saturated heterocycles. The first-order chi connectivity index (χ1) is 17.0. The van der Waals surface area contributed by atoms with Crippen molar-refractivity contribution in [2.75, 3.05) is 26.1 Å². The summed E-state index contributed by atoms with van der Waals surface area (Å²) in [4.78, 5) is 18.0. The molecule has 0 spiro atoms. The second-order valence-electron chi connectivity index (χ2n) is 7.17. The summed E-state index contributed by atoms with van der Waals surface area (Å²) in [6, 6.07) is 9.44.